The number of rotatable bonds is 6. The number of likely N-dealkylation sites (N-methyl/N-ethyl adjacent to an activating group) is 1. The molecule has 5 heterocycles. The van der Waals surface area contributed by atoms with Gasteiger partial charge in [-0.2, -0.15) is 0 Å². The van der Waals surface area contributed by atoms with E-state index in [0.29, 0.717) is 41.2 Å². The lowest BCUT2D eigenvalue weighted by Crippen LogP contribution is -2.35. The zero-order chi connectivity index (χ0) is 22.8. The van der Waals surface area contributed by atoms with Crippen molar-refractivity contribution in [2.75, 3.05) is 38.7 Å². The molecule has 2 aliphatic heterocycles. The predicted molar refractivity (Wildman–Crippen MR) is 119 cm³/mol. The summed E-state index contributed by atoms with van der Waals surface area (Å²) in [5.41, 5.74) is 0.643. The van der Waals surface area contributed by atoms with Gasteiger partial charge in [-0.15, -0.1) is 0 Å². The summed E-state index contributed by atoms with van der Waals surface area (Å²) < 4.78 is 10.8. The van der Waals surface area contributed by atoms with Crippen molar-refractivity contribution in [2.24, 2.45) is 5.92 Å². The molecule has 2 saturated heterocycles. The quantitative estimate of drug-likeness (QED) is 0.580. The zero-order valence-electron chi connectivity index (χ0n) is 18.4. The van der Waals surface area contributed by atoms with Crippen LogP contribution in [0.25, 0.3) is 22.8 Å². The third-order valence-corrected chi connectivity index (χ3v) is 6.25. The van der Waals surface area contributed by atoms with E-state index in [0.717, 1.165) is 32.6 Å². The van der Waals surface area contributed by atoms with Gasteiger partial charge in [-0.3, -0.25) is 4.79 Å². The number of aromatic nitrogens is 4. The SMILES string of the molecule is CN1CCC(O)(c2cc(-c3cccc(-c4ccnc(NCC5CCOCC5)n4)n3)no2)C1=O. The van der Waals surface area contributed by atoms with Crippen LogP contribution in [0.4, 0.5) is 5.95 Å². The van der Waals surface area contributed by atoms with Gasteiger partial charge in [-0.25, -0.2) is 15.0 Å². The summed E-state index contributed by atoms with van der Waals surface area (Å²) in [6, 6.07) is 8.88. The van der Waals surface area contributed by atoms with Gasteiger partial charge in [0.05, 0.1) is 17.1 Å². The fourth-order valence-corrected chi connectivity index (χ4v) is 4.17. The average Bonchev–Trinajstić information content (AvgIpc) is 3.46. The molecule has 0 saturated carbocycles. The summed E-state index contributed by atoms with van der Waals surface area (Å²) in [6.07, 6.45) is 4.03. The molecule has 0 aliphatic carbocycles. The highest BCUT2D eigenvalue weighted by Gasteiger charge is 2.48. The van der Waals surface area contributed by atoms with Crippen molar-refractivity contribution < 1.29 is 19.2 Å². The van der Waals surface area contributed by atoms with Crippen molar-refractivity contribution in [2.45, 2.75) is 24.9 Å². The molecule has 2 fully saturated rings. The Kier molecular flexibility index (Phi) is 5.77. The highest BCUT2D eigenvalue weighted by molar-refractivity contribution is 5.87. The number of amides is 1. The molecule has 5 rings (SSSR count). The highest BCUT2D eigenvalue weighted by atomic mass is 16.5. The smallest absolute Gasteiger partial charge is 0.262 e. The number of nitrogens with one attached hydrogen (secondary N) is 1. The average molecular weight is 450 g/mol. The van der Waals surface area contributed by atoms with Crippen LogP contribution in [0.5, 0.6) is 0 Å². The van der Waals surface area contributed by atoms with Crippen molar-refractivity contribution in [3.8, 4) is 22.8 Å². The molecule has 1 atom stereocenters. The lowest BCUT2D eigenvalue weighted by molar-refractivity contribution is -0.144. The van der Waals surface area contributed by atoms with E-state index in [-0.39, 0.29) is 12.2 Å². The number of anilines is 1. The van der Waals surface area contributed by atoms with E-state index in [1.807, 2.05) is 12.1 Å². The first-order chi connectivity index (χ1) is 16.0. The number of nitrogens with zero attached hydrogens (tertiary/aromatic N) is 5. The van der Waals surface area contributed by atoms with Gasteiger partial charge < -0.3 is 24.6 Å². The van der Waals surface area contributed by atoms with Crippen molar-refractivity contribution in [3.05, 3.63) is 42.3 Å². The van der Waals surface area contributed by atoms with Gasteiger partial charge in [-0.05, 0) is 37.0 Å². The number of likely N-dealkylation sites (tertiary alicyclic amines) is 1. The summed E-state index contributed by atoms with van der Waals surface area (Å²) in [6.45, 7) is 2.86. The van der Waals surface area contributed by atoms with Gasteiger partial charge in [0.1, 0.15) is 5.69 Å². The Morgan fingerprint density at radius 1 is 1.15 bits per heavy atom. The monoisotopic (exact) mass is 450 g/mol. The fraction of sp³-hybridized carbons (Fsp3) is 0.435. The van der Waals surface area contributed by atoms with Crippen LogP contribution in [-0.2, 0) is 15.1 Å². The van der Waals surface area contributed by atoms with Crippen LogP contribution in [0, 0.1) is 5.92 Å². The third kappa shape index (κ3) is 4.31. The molecule has 1 unspecified atom stereocenters. The maximum atomic E-state index is 12.3. The minimum atomic E-state index is -1.69. The molecule has 2 N–H and O–H groups in total. The van der Waals surface area contributed by atoms with Gasteiger partial charge in [-0.1, -0.05) is 11.2 Å². The maximum Gasteiger partial charge on any atom is 0.262 e. The maximum absolute atomic E-state index is 12.3. The molecular weight excluding hydrogens is 424 g/mol. The summed E-state index contributed by atoms with van der Waals surface area (Å²) in [7, 11) is 1.65. The fourth-order valence-electron chi connectivity index (χ4n) is 4.17. The van der Waals surface area contributed by atoms with Crippen LogP contribution in [-0.4, -0.2) is 69.4 Å². The van der Waals surface area contributed by atoms with Crippen LogP contribution in [0.2, 0.25) is 0 Å². The van der Waals surface area contributed by atoms with Gasteiger partial charge in [0.15, 0.2) is 5.76 Å². The van der Waals surface area contributed by atoms with Crippen molar-refractivity contribution in [3.63, 3.8) is 0 Å². The van der Waals surface area contributed by atoms with Crippen LogP contribution in [0.15, 0.2) is 41.1 Å². The number of carbonyl (C=O) groups is 1. The van der Waals surface area contributed by atoms with Gasteiger partial charge in [0.25, 0.3) is 5.91 Å². The molecule has 3 aromatic rings. The highest BCUT2D eigenvalue weighted by Crippen LogP contribution is 2.34. The molecule has 172 valence electrons. The number of carbonyl (C=O) groups excluding carboxylic acids is 1. The van der Waals surface area contributed by atoms with Crippen LogP contribution in [0.1, 0.15) is 25.0 Å². The Bertz CT molecular complexity index is 1150. The van der Waals surface area contributed by atoms with Crippen molar-refractivity contribution in [1.29, 1.82) is 0 Å². The van der Waals surface area contributed by atoms with E-state index in [9.17, 15) is 9.90 Å². The molecule has 33 heavy (non-hydrogen) atoms. The van der Waals surface area contributed by atoms with Crippen LogP contribution < -0.4 is 5.32 Å². The summed E-state index contributed by atoms with van der Waals surface area (Å²) in [4.78, 5) is 27.4. The predicted octanol–water partition coefficient (Wildman–Crippen LogP) is 2.08. The van der Waals surface area contributed by atoms with E-state index in [2.05, 4.69) is 25.4 Å². The molecule has 10 nitrogen and oxygen atoms in total. The molecule has 0 aromatic carbocycles. The van der Waals surface area contributed by atoms with E-state index < -0.39 is 11.5 Å². The second-order valence-electron chi connectivity index (χ2n) is 8.52. The molecular formula is C23H26N6O4. The molecule has 3 aromatic heterocycles. The van der Waals surface area contributed by atoms with Gasteiger partial charge >= 0.3 is 0 Å². The molecule has 10 heteroatoms. The molecule has 2 aliphatic rings. The van der Waals surface area contributed by atoms with Crippen LogP contribution >= 0.6 is 0 Å². The Morgan fingerprint density at radius 2 is 1.91 bits per heavy atom. The number of aliphatic hydroxyl groups is 1. The van der Waals surface area contributed by atoms with Crippen molar-refractivity contribution >= 4 is 11.9 Å². The summed E-state index contributed by atoms with van der Waals surface area (Å²) in [5.74, 6) is 0.838. The third-order valence-electron chi connectivity index (χ3n) is 6.25. The Hall–Kier alpha value is -3.37. The Balaban J connectivity index is 1.34. The largest absolute Gasteiger partial charge is 0.381 e. The molecule has 0 bridgehead atoms. The molecule has 0 radical (unpaired) electrons. The van der Waals surface area contributed by atoms with Gasteiger partial charge in [0.2, 0.25) is 11.5 Å². The van der Waals surface area contributed by atoms with E-state index in [4.69, 9.17) is 9.26 Å². The molecule has 0 spiro atoms. The van der Waals surface area contributed by atoms with Crippen LogP contribution in [0.3, 0.4) is 0 Å². The first kappa shape index (κ1) is 21.5. The van der Waals surface area contributed by atoms with Gasteiger partial charge in [0, 0.05) is 52.0 Å². The summed E-state index contributed by atoms with van der Waals surface area (Å²) >= 11 is 0. The topological polar surface area (TPSA) is 126 Å². The first-order valence-electron chi connectivity index (χ1n) is 11.1. The second kappa shape index (κ2) is 8.87. The standard InChI is InChI=1S/C23H26N6O4/c1-29-10-8-23(31,21(29)30)20-13-19(28-33-20)17-4-2-3-16(26-17)18-5-9-24-22(27-18)25-14-15-6-11-32-12-7-15/h2-5,9,13,15,31H,6-8,10-12,14H2,1H3,(H,24,25,27). The Labute approximate surface area is 191 Å². The number of hydrogen-bond donors (Lipinski definition) is 2. The lowest BCUT2D eigenvalue weighted by atomic mass is 9.98. The summed E-state index contributed by atoms with van der Waals surface area (Å²) in [5, 5.41) is 18.2. The normalized spacial score (nSPS) is 21.5. The zero-order valence-corrected chi connectivity index (χ0v) is 18.4. The van der Waals surface area contributed by atoms with E-state index in [1.54, 1.807) is 31.4 Å². The van der Waals surface area contributed by atoms with E-state index in [1.165, 1.54) is 4.90 Å². The lowest BCUT2D eigenvalue weighted by Gasteiger charge is -2.22. The van der Waals surface area contributed by atoms with E-state index >= 15 is 0 Å². The second-order valence-corrected chi connectivity index (χ2v) is 8.52. The number of pyridine rings is 1. The number of ether oxygens (including phenoxy) is 1. The van der Waals surface area contributed by atoms with Crippen molar-refractivity contribution in [1.82, 2.24) is 25.0 Å². The minimum Gasteiger partial charge on any atom is -0.381 e. The minimum absolute atomic E-state index is 0.126. The molecule has 1 amide bonds. The number of hydrogen-bond acceptors (Lipinski definition) is 9. The Morgan fingerprint density at radius 3 is 2.67 bits per heavy atom. The first-order valence-corrected chi connectivity index (χ1v) is 11.1.